The highest BCUT2D eigenvalue weighted by atomic mass is 15.3. The Kier molecular flexibility index (Phi) is 6.34. The molecule has 1 atom stereocenters. The largest absolute Gasteiger partial charge is 0.370 e. The van der Waals surface area contributed by atoms with Crippen LogP contribution in [-0.2, 0) is 0 Å². The van der Waals surface area contributed by atoms with Crippen molar-refractivity contribution in [1.82, 2.24) is 9.80 Å². The Balaban J connectivity index is 2.27. The van der Waals surface area contributed by atoms with Crippen LogP contribution in [0.2, 0.25) is 0 Å². The lowest BCUT2D eigenvalue weighted by Gasteiger charge is -2.28. The van der Waals surface area contributed by atoms with Crippen molar-refractivity contribution in [2.45, 2.75) is 45.6 Å². The van der Waals surface area contributed by atoms with Crippen LogP contribution >= 0.6 is 0 Å². The number of piperidine rings is 1. The van der Waals surface area contributed by atoms with Gasteiger partial charge in [0.2, 0.25) is 0 Å². The predicted octanol–water partition coefficient (Wildman–Crippen LogP) is 1.52. The lowest BCUT2D eigenvalue weighted by atomic mass is 10.1. The lowest BCUT2D eigenvalue weighted by Crippen LogP contribution is -2.41. The van der Waals surface area contributed by atoms with Gasteiger partial charge in [0.1, 0.15) is 0 Å². The first-order valence-electron chi connectivity index (χ1n) is 6.90. The summed E-state index contributed by atoms with van der Waals surface area (Å²) >= 11 is 0. The van der Waals surface area contributed by atoms with E-state index in [1.54, 1.807) is 0 Å². The Hall–Kier alpha value is -0.770. The first kappa shape index (κ1) is 14.3. The molecule has 0 aromatic carbocycles. The van der Waals surface area contributed by atoms with Crippen molar-refractivity contribution in [3.8, 4) is 0 Å². The second kappa shape index (κ2) is 7.54. The van der Waals surface area contributed by atoms with Gasteiger partial charge in [-0.3, -0.25) is 4.99 Å². The van der Waals surface area contributed by atoms with E-state index in [2.05, 4.69) is 35.7 Å². The molecule has 0 spiro atoms. The fourth-order valence-corrected chi connectivity index (χ4v) is 2.08. The minimum Gasteiger partial charge on any atom is -0.370 e. The monoisotopic (exact) mass is 240 g/mol. The van der Waals surface area contributed by atoms with E-state index in [4.69, 9.17) is 5.73 Å². The van der Waals surface area contributed by atoms with Crippen LogP contribution in [0.4, 0.5) is 0 Å². The molecule has 4 heteroatoms. The Labute approximate surface area is 106 Å². The third-order valence-electron chi connectivity index (χ3n) is 3.75. The van der Waals surface area contributed by atoms with Crippen molar-refractivity contribution in [3.63, 3.8) is 0 Å². The Bertz CT molecular complexity index is 234. The fraction of sp³-hybridized carbons (Fsp3) is 0.923. The second-order valence-electron chi connectivity index (χ2n) is 5.03. The zero-order valence-electron chi connectivity index (χ0n) is 11.7. The molecule has 0 aromatic rings. The number of likely N-dealkylation sites (N-methyl/N-ethyl adjacent to an activating group) is 1. The van der Waals surface area contributed by atoms with E-state index < -0.39 is 0 Å². The molecule has 1 unspecified atom stereocenters. The van der Waals surface area contributed by atoms with Gasteiger partial charge in [0.25, 0.3) is 0 Å². The molecule has 2 N–H and O–H groups in total. The van der Waals surface area contributed by atoms with Crippen LogP contribution in [0.25, 0.3) is 0 Å². The summed E-state index contributed by atoms with van der Waals surface area (Å²) in [4.78, 5) is 9.04. The molecule has 0 saturated carbocycles. The van der Waals surface area contributed by atoms with Crippen molar-refractivity contribution in [1.29, 1.82) is 0 Å². The van der Waals surface area contributed by atoms with E-state index in [0.717, 1.165) is 32.1 Å². The standard InChI is InChI=1S/C13H28N4/c1-4-12(2)16(3)11-8-15-13(14)17-9-6-5-7-10-17/h12H,4-11H2,1-3H3,(H2,14,15). The van der Waals surface area contributed by atoms with Crippen molar-refractivity contribution in [3.05, 3.63) is 0 Å². The van der Waals surface area contributed by atoms with Gasteiger partial charge in [-0.1, -0.05) is 6.92 Å². The molecule has 0 radical (unpaired) electrons. The number of guanidine groups is 1. The van der Waals surface area contributed by atoms with E-state index in [1.165, 1.54) is 25.7 Å². The van der Waals surface area contributed by atoms with Crippen molar-refractivity contribution in [2.24, 2.45) is 10.7 Å². The van der Waals surface area contributed by atoms with Gasteiger partial charge < -0.3 is 15.5 Å². The number of nitrogens with two attached hydrogens (primary N) is 1. The summed E-state index contributed by atoms with van der Waals surface area (Å²) in [5.74, 6) is 0.738. The van der Waals surface area contributed by atoms with Gasteiger partial charge in [0, 0.05) is 25.7 Å². The molecule has 1 aliphatic heterocycles. The molecule has 0 aromatic heterocycles. The van der Waals surface area contributed by atoms with E-state index in [-0.39, 0.29) is 0 Å². The molecule has 1 heterocycles. The maximum absolute atomic E-state index is 6.00. The fourth-order valence-electron chi connectivity index (χ4n) is 2.08. The molecular weight excluding hydrogens is 212 g/mol. The average Bonchev–Trinajstić information content (AvgIpc) is 2.38. The summed E-state index contributed by atoms with van der Waals surface area (Å²) in [5, 5.41) is 0. The molecule has 17 heavy (non-hydrogen) atoms. The molecule has 1 fully saturated rings. The van der Waals surface area contributed by atoms with E-state index in [1.807, 2.05) is 0 Å². The summed E-state index contributed by atoms with van der Waals surface area (Å²) in [6.45, 7) is 8.42. The Morgan fingerprint density at radius 3 is 2.59 bits per heavy atom. The van der Waals surface area contributed by atoms with Crippen LogP contribution in [-0.4, -0.2) is 55.0 Å². The number of hydrogen-bond donors (Lipinski definition) is 1. The predicted molar refractivity (Wildman–Crippen MR) is 74.3 cm³/mol. The number of hydrogen-bond acceptors (Lipinski definition) is 2. The summed E-state index contributed by atoms with van der Waals surface area (Å²) in [7, 11) is 2.15. The lowest BCUT2D eigenvalue weighted by molar-refractivity contribution is 0.258. The van der Waals surface area contributed by atoms with Gasteiger partial charge in [-0.25, -0.2) is 0 Å². The van der Waals surface area contributed by atoms with Gasteiger partial charge >= 0.3 is 0 Å². The zero-order valence-corrected chi connectivity index (χ0v) is 11.7. The Morgan fingerprint density at radius 2 is 2.00 bits per heavy atom. The topological polar surface area (TPSA) is 44.9 Å². The first-order chi connectivity index (χ1) is 8.15. The smallest absolute Gasteiger partial charge is 0.191 e. The highest BCUT2D eigenvalue weighted by molar-refractivity contribution is 5.78. The number of aliphatic imine (C=N–C) groups is 1. The maximum atomic E-state index is 6.00. The van der Waals surface area contributed by atoms with Crippen LogP contribution in [0.3, 0.4) is 0 Å². The average molecular weight is 240 g/mol. The summed E-state index contributed by atoms with van der Waals surface area (Å²) in [5.41, 5.74) is 6.00. The van der Waals surface area contributed by atoms with Crippen LogP contribution in [0.1, 0.15) is 39.5 Å². The van der Waals surface area contributed by atoms with Gasteiger partial charge in [0.15, 0.2) is 5.96 Å². The summed E-state index contributed by atoms with van der Waals surface area (Å²) < 4.78 is 0. The third-order valence-corrected chi connectivity index (χ3v) is 3.75. The molecule has 0 bridgehead atoms. The molecule has 1 rings (SSSR count). The van der Waals surface area contributed by atoms with Crippen molar-refractivity contribution < 1.29 is 0 Å². The maximum Gasteiger partial charge on any atom is 0.191 e. The van der Waals surface area contributed by atoms with E-state index in [0.29, 0.717) is 6.04 Å². The SMILES string of the molecule is CCC(C)N(C)CCN=C(N)N1CCCCC1. The molecule has 0 amide bonds. The van der Waals surface area contributed by atoms with Crippen molar-refractivity contribution >= 4 is 5.96 Å². The third kappa shape index (κ3) is 4.94. The first-order valence-corrected chi connectivity index (χ1v) is 6.90. The minimum absolute atomic E-state index is 0.626. The summed E-state index contributed by atoms with van der Waals surface area (Å²) in [6, 6.07) is 0.626. The molecule has 4 nitrogen and oxygen atoms in total. The normalized spacial score (nSPS) is 19.8. The highest BCUT2D eigenvalue weighted by Crippen LogP contribution is 2.07. The highest BCUT2D eigenvalue weighted by Gasteiger charge is 2.11. The molecule has 1 saturated heterocycles. The molecule has 1 aliphatic rings. The number of rotatable bonds is 5. The summed E-state index contributed by atoms with van der Waals surface area (Å²) in [6.07, 6.45) is 5.02. The van der Waals surface area contributed by atoms with Crippen molar-refractivity contribution in [2.75, 3.05) is 33.2 Å². The van der Waals surface area contributed by atoms with Gasteiger partial charge in [0.05, 0.1) is 6.54 Å². The second-order valence-corrected chi connectivity index (χ2v) is 5.03. The van der Waals surface area contributed by atoms with Crippen LogP contribution in [0.5, 0.6) is 0 Å². The van der Waals surface area contributed by atoms with Gasteiger partial charge in [-0.2, -0.15) is 0 Å². The quantitative estimate of drug-likeness (QED) is 0.585. The molecule has 0 aliphatic carbocycles. The number of likely N-dealkylation sites (tertiary alicyclic amines) is 1. The zero-order chi connectivity index (χ0) is 12.7. The Morgan fingerprint density at radius 1 is 1.35 bits per heavy atom. The minimum atomic E-state index is 0.626. The van der Waals surface area contributed by atoms with Gasteiger partial charge in [-0.05, 0) is 39.7 Å². The number of nitrogens with zero attached hydrogens (tertiary/aromatic N) is 3. The van der Waals surface area contributed by atoms with E-state index >= 15 is 0 Å². The van der Waals surface area contributed by atoms with Crippen LogP contribution < -0.4 is 5.73 Å². The van der Waals surface area contributed by atoms with E-state index in [9.17, 15) is 0 Å². The van der Waals surface area contributed by atoms with Crippen LogP contribution in [0, 0.1) is 0 Å². The molecule has 100 valence electrons. The van der Waals surface area contributed by atoms with Crippen LogP contribution in [0.15, 0.2) is 4.99 Å². The molecular formula is C13H28N4. The van der Waals surface area contributed by atoms with Gasteiger partial charge in [-0.15, -0.1) is 0 Å².